The summed E-state index contributed by atoms with van der Waals surface area (Å²) < 4.78 is 4.80. The van der Waals surface area contributed by atoms with Gasteiger partial charge in [0.1, 0.15) is 0 Å². The minimum atomic E-state index is -0.629. The number of ether oxygens (including phenoxy) is 1. The molecule has 6 nitrogen and oxygen atoms in total. The Balaban J connectivity index is 2.49. The van der Waals surface area contributed by atoms with Gasteiger partial charge in [-0.05, 0) is 24.3 Å². The fourth-order valence-electron chi connectivity index (χ4n) is 1.31. The number of terminal acetylenes is 1. The first kappa shape index (κ1) is 15.2. The second-order valence-corrected chi connectivity index (χ2v) is 3.82. The fourth-order valence-corrected chi connectivity index (χ4v) is 1.31. The number of carbonyl (C=O) groups excluding carboxylic acids is 3. The van der Waals surface area contributed by atoms with Crippen molar-refractivity contribution in [3.05, 3.63) is 29.8 Å². The predicted octanol–water partition coefficient (Wildman–Crippen LogP) is 0.551. The zero-order chi connectivity index (χ0) is 15.0. The Labute approximate surface area is 116 Å². The third kappa shape index (κ3) is 5.23. The molecule has 1 aromatic rings. The largest absolute Gasteiger partial charge is 0.452 e. The van der Waals surface area contributed by atoms with Gasteiger partial charge in [-0.3, -0.25) is 9.59 Å². The fraction of sp³-hybridized carbons (Fsp3) is 0.214. The summed E-state index contributed by atoms with van der Waals surface area (Å²) in [6.07, 6.45) is 4.97. The molecule has 0 bridgehead atoms. The normalized spacial score (nSPS) is 9.20. The van der Waals surface area contributed by atoms with Gasteiger partial charge in [-0.2, -0.15) is 0 Å². The smallest absolute Gasteiger partial charge is 0.338 e. The Bertz CT molecular complexity index is 543. The molecule has 2 amide bonds. The predicted molar refractivity (Wildman–Crippen MR) is 72.9 cm³/mol. The maximum Gasteiger partial charge on any atom is 0.338 e. The van der Waals surface area contributed by atoms with Gasteiger partial charge in [-0.25, -0.2) is 4.79 Å². The van der Waals surface area contributed by atoms with Gasteiger partial charge in [0.25, 0.3) is 5.91 Å². The van der Waals surface area contributed by atoms with Crippen LogP contribution >= 0.6 is 0 Å². The van der Waals surface area contributed by atoms with E-state index in [2.05, 4.69) is 16.6 Å². The highest BCUT2D eigenvalue weighted by Crippen LogP contribution is 2.10. The summed E-state index contributed by atoms with van der Waals surface area (Å²) in [6.45, 7) is 1.08. The number of carbonyl (C=O) groups is 3. The number of amides is 2. The van der Waals surface area contributed by atoms with Crippen molar-refractivity contribution in [2.75, 3.05) is 18.5 Å². The lowest BCUT2D eigenvalue weighted by Crippen LogP contribution is -2.28. The number of anilines is 1. The first-order valence-electron chi connectivity index (χ1n) is 5.78. The van der Waals surface area contributed by atoms with Crippen molar-refractivity contribution in [1.82, 2.24) is 5.32 Å². The molecule has 1 aromatic carbocycles. The molecule has 0 saturated heterocycles. The van der Waals surface area contributed by atoms with E-state index in [1.54, 1.807) is 12.1 Å². The van der Waals surface area contributed by atoms with Crippen LogP contribution in [0.1, 0.15) is 17.3 Å². The summed E-state index contributed by atoms with van der Waals surface area (Å²) >= 11 is 0. The molecule has 6 heteroatoms. The summed E-state index contributed by atoms with van der Waals surface area (Å²) in [5.74, 6) is 0.934. The molecule has 0 heterocycles. The van der Waals surface area contributed by atoms with Crippen LogP contribution < -0.4 is 10.6 Å². The SMILES string of the molecule is C#CCNC(=O)COC(=O)c1ccc(NC(C)=O)cc1. The Morgan fingerprint density at radius 1 is 1.25 bits per heavy atom. The highest BCUT2D eigenvalue weighted by molar-refractivity contribution is 5.93. The molecular weight excluding hydrogens is 260 g/mol. The number of hydrogen-bond acceptors (Lipinski definition) is 4. The van der Waals surface area contributed by atoms with Crippen molar-refractivity contribution in [2.45, 2.75) is 6.92 Å². The first-order valence-corrected chi connectivity index (χ1v) is 5.78. The van der Waals surface area contributed by atoms with E-state index in [0.29, 0.717) is 5.69 Å². The van der Waals surface area contributed by atoms with E-state index in [9.17, 15) is 14.4 Å². The van der Waals surface area contributed by atoms with Crippen LogP contribution in [0, 0.1) is 12.3 Å². The average molecular weight is 274 g/mol. The number of rotatable bonds is 5. The Morgan fingerprint density at radius 2 is 1.90 bits per heavy atom. The van der Waals surface area contributed by atoms with Gasteiger partial charge < -0.3 is 15.4 Å². The van der Waals surface area contributed by atoms with E-state index >= 15 is 0 Å². The van der Waals surface area contributed by atoms with Gasteiger partial charge in [0.2, 0.25) is 5.91 Å². The zero-order valence-corrected chi connectivity index (χ0v) is 10.9. The second kappa shape index (κ2) is 7.59. The molecule has 0 aliphatic heterocycles. The van der Waals surface area contributed by atoms with Crippen molar-refractivity contribution in [1.29, 1.82) is 0 Å². The van der Waals surface area contributed by atoms with Crippen molar-refractivity contribution in [3.8, 4) is 12.3 Å². The summed E-state index contributed by atoms with van der Waals surface area (Å²) in [5, 5.41) is 4.94. The van der Waals surface area contributed by atoms with Crippen LogP contribution in [0.2, 0.25) is 0 Å². The van der Waals surface area contributed by atoms with Gasteiger partial charge in [0.05, 0.1) is 12.1 Å². The molecule has 0 saturated carbocycles. The molecule has 0 atom stereocenters. The van der Waals surface area contributed by atoms with Gasteiger partial charge in [-0.1, -0.05) is 5.92 Å². The monoisotopic (exact) mass is 274 g/mol. The molecular formula is C14H14N2O4. The van der Waals surface area contributed by atoms with Crippen molar-refractivity contribution in [3.63, 3.8) is 0 Å². The molecule has 1 rings (SSSR count). The molecule has 0 aromatic heterocycles. The van der Waals surface area contributed by atoms with Gasteiger partial charge in [0.15, 0.2) is 6.61 Å². The van der Waals surface area contributed by atoms with Crippen LogP contribution in [0.4, 0.5) is 5.69 Å². The van der Waals surface area contributed by atoms with Crippen LogP contribution in [0.3, 0.4) is 0 Å². The summed E-state index contributed by atoms with van der Waals surface area (Å²) in [4.78, 5) is 33.6. The Kier molecular flexibility index (Phi) is 5.78. The van der Waals surface area contributed by atoms with Crippen LogP contribution in [-0.4, -0.2) is 30.9 Å². The third-order valence-corrected chi connectivity index (χ3v) is 2.16. The topological polar surface area (TPSA) is 84.5 Å². The Morgan fingerprint density at radius 3 is 2.45 bits per heavy atom. The van der Waals surface area contributed by atoms with E-state index in [0.717, 1.165) is 0 Å². The molecule has 0 aliphatic carbocycles. The van der Waals surface area contributed by atoms with Crippen LogP contribution in [0.5, 0.6) is 0 Å². The van der Waals surface area contributed by atoms with Crippen LogP contribution in [-0.2, 0) is 14.3 Å². The van der Waals surface area contributed by atoms with Crippen LogP contribution in [0.25, 0.3) is 0 Å². The minimum Gasteiger partial charge on any atom is -0.452 e. The number of hydrogen-bond donors (Lipinski definition) is 2. The average Bonchev–Trinajstić information content (AvgIpc) is 2.42. The summed E-state index contributed by atoms with van der Waals surface area (Å²) in [6, 6.07) is 6.12. The van der Waals surface area contributed by atoms with Crippen LogP contribution in [0.15, 0.2) is 24.3 Å². The van der Waals surface area contributed by atoms with Gasteiger partial charge in [-0.15, -0.1) is 6.42 Å². The highest BCUT2D eigenvalue weighted by Gasteiger charge is 2.09. The highest BCUT2D eigenvalue weighted by atomic mass is 16.5. The van der Waals surface area contributed by atoms with Gasteiger partial charge >= 0.3 is 5.97 Å². The number of nitrogens with one attached hydrogen (secondary N) is 2. The van der Waals surface area contributed by atoms with E-state index < -0.39 is 18.5 Å². The molecule has 0 spiro atoms. The number of esters is 1. The Hall–Kier alpha value is -2.81. The molecule has 0 aliphatic rings. The molecule has 2 N–H and O–H groups in total. The van der Waals surface area contributed by atoms with Gasteiger partial charge in [0, 0.05) is 12.6 Å². The lowest BCUT2D eigenvalue weighted by Gasteiger charge is -2.06. The van der Waals surface area contributed by atoms with E-state index in [1.165, 1.54) is 19.1 Å². The van der Waals surface area contributed by atoms with E-state index in [1.807, 2.05) is 0 Å². The molecule has 0 unspecified atom stereocenters. The molecule has 0 radical (unpaired) electrons. The quantitative estimate of drug-likeness (QED) is 0.606. The second-order valence-electron chi connectivity index (χ2n) is 3.82. The molecule has 104 valence electrons. The maximum atomic E-state index is 11.6. The van der Waals surface area contributed by atoms with E-state index in [4.69, 9.17) is 11.2 Å². The minimum absolute atomic E-state index is 0.0851. The summed E-state index contributed by atoms with van der Waals surface area (Å²) in [7, 11) is 0. The maximum absolute atomic E-state index is 11.6. The van der Waals surface area contributed by atoms with E-state index in [-0.39, 0.29) is 18.0 Å². The standard InChI is InChI=1S/C14H14N2O4/c1-3-8-15-13(18)9-20-14(19)11-4-6-12(7-5-11)16-10(2)17/h1,4-7H,8-9H2,2H3,(H,15,18)(H,16,17). The lowest BCUT2D eigenvalue weighted by molar-refractivity contribution is -0.124. The van der Waals surface area contributed by atoms with Crippen molar-refractivity contribution < 1.29 is 19.1 Å². The number of benzene rings is 1. The first-order chi connectivity index (χ1) is 9.52. The van der Waals surface area contributed by atoms with Crippen molar-refractivity contribution >= 4 is 23.5 Å². The molecule has 20 heavy (non-hydrogen) atoms. The molecule has 0 fully saturated rings. The lowest BCUT2D eigenvalue weighted by atomic mass is 10.2. The zero-order valence-electron chi connectivity index (χ0n) is 10.9. The third-order valence-electron chi connectivity index (χ3n) is 2.16. The van der Waals surface area contributed by atoms with Crippen molar-refractivity contribution in [2.24, 2.45) is 0 Å². The summed E-state index contributed by atoms with van der Waals surface area (Å²) in [5.41, 5.74) is 0.852.